The molecule has 0 aliphatic rings. The maximum Gasteiger partial charge on any atom is 0.310 e. The van der Waals surface area contributed by atoms with Crippen molar-refractivity contribution in [1.82, 2.24) is 5.32 Å². The molecule has 0 aliphatic carbocycles. The summed E-state index contributed by atoms with van der Waals surface area (Å²) in [6.07, 6.45) is 1.44. The first-order valence-corrected chi connectivity index (χ1v) is 5.08. The van der Waals surface area contributed by atoms with E-state index in [9.17, 15) is 9.59 Å². The summed E-state index contributed by atoms with van der Waals surface area (Å²) in [7, 11) is 0. The maximum atomic E-state index is 11.4. The molecule has 1 atom stereocenters. The van der Waals surface area contributed by atoms with Gasteiger partial charge >= 0.3 is 5.97 Å². The van der Waals surface area contributed by atoms with Crippen LogP contribution in [0.25, 0.3) is 0 Å². The number of aliphatic carboxylic acids is 1. The summed E-state index contributed by atoms with van der Waals surface area (Å²) in [6, 6.07) is -0.542. The van der Waals surface area contributed by atoms with Gasteiger partial charge in [-0.25, -0.2) is 0 Å². The fourth-order valence-corrected chi connectivity index (χ4v) is 0.957. The van der Waals surface area contributed by atoms with Gasteiger partial charge in [0.15, 0.2) is 0 Å². The van der Waals surface area contributed by atoms with Gasteiger partial charge in [0.25, 0.3) is 0 Å². The van der Waals surface area contributed by atoms with Crippen LogP contribution in [-0.4, -0.2) is 29.6 Å². The van der Waals surface area contributed by atoms with E-state index in [0.717, 1.165) is 6.42 Å². The van der Waals surface area contributed by atoms with Crippen molar-refractivity contribution in [3.63, 3.8) is 0 Å². The van der Waals surface area contributed by atoms with Gasteiger partial charge in [-0.1, -0.05) is 13.3 Å². The Balaban J connectivity index is 4.05. The Morgan fingerprint density at radius 3 is 2.40 bits per heavy atom. The Hall–Kier alpha value is -1.10. The molecule has 0 saturated carbocycles. The second-order valence-corrected chi connectivity index (χ2v) is 4.30. The lowest BCUT2D eigenvalue weighted by molar-refractivity contribution is -0.146. The number of carbonyl (C=O) groups is 2. The van der Waals surface area contributed by atoms with Gasteiger partial charge in [-0.2, -0.15) is 0 Å². The molecule has 0 heterocycles. The molecule has 0 spiro atoms. The predicted molar refractivity (Wildman–Crippen MR) is 57.3 cm³/mol. The Labute approximate surface area is 90.0 Å². The van der Waals surface area contributed by atoms with Gasteiger partial charge in [0, 0.05) is 6.54 Å². The normalized spacial score (nSPS) is 13.3. The summed E-state index contributed by atoms with van der Waals surface area (Å²) in [4.78, 5) is 22.1. The number of rotatable bonds is 6. The molecule has 4 N–H and O–H groups in total. The summed E-state index contributed by atoms with van der Waals surface area (Å²) in [6.45, 7) is 5.15. The molecule has 0 radical (unpaired) electrons. The molecule has 0 saturated heterocycles. The number of nitrogens with two attached hydrogens (primary N) is 1. The van der Waals surface area contributed by atoms with Gasteiger partial charge < -0.3 is 16.2 Å². The molecule has 1 unspecified atom stereocenters. The van der Waals surface area contributed by atoms with E-state index in [0.29, 0.717) is 6.42 Å². The lowest BCUT2D eigenvalue weighted by Crippen LogP contribution is -2.45. The molecular weight excluding hydrogens is 196 g/mol. The Morgan fingerprint density at radius 2 is 2.00 bits per heavy atom. The SMILES string of the molecule is CCCC(N)C(=O)NCC(C)(C)C(=O)O. The minimum atomic E-state index is -0.957. The smallest absolute Gasteiger partial charge is 0.310 e. The van der Waals surface area contributed by atoms with Crippen LogP contribution in [0.3, 0.4) is 0 Å². The van der Waals surface area contributed by atoms with Crippen LogP contribution in [0.1, 0.15) is 33.6 Å². The monoisotopic (exact) mass is 216 g/mol. The van der Waals surface area contributed by atoms with Crippen molar-refractivity contribution in [2.24, 2.45) is 11.1 Å². The Bertz CT molecular complexity index is 239. The molecule has 0 aliphatic heterocycles. The lowest BCUT2D eigenvalue weighted by Gasteiger charge is -2.20. The van der Waals surface area contributed by atoms with Gasteiger partial charge in [0.05, 0.1) is 11.5 Å². The topological polar surface area (TPSA) is 92.4 Å². The van der Waals surface area contributed by atoms with E-state index in [4.69, 9.17) is 10.8 Å². The number of nitrogens with one attached hydrogen (secondary N) is 1. The molecule has 5 nitrogen and oxygen atoms in total. The highest BCUT2D eigenvalue weighted by atomic mass is 16.4. The van der Waals surface area contributed by atoms with E-state index in [1.54, 1.807) is 13.8 Å². The highest BCUT2D eigenvalue weighted by molar-refractivity contribution is 5.82. The summed E-state index contributed by atoms with van der Waals surface area (Å²) in [5.41, 5.74) is 4.62. The zero-order chi connectivity index (χ0) is 12.1. The van der Waals surface area contributed by atoms with Gasteiger partial charge in [0.1, 0.15) is 0 Å². The fraction of sp³-hybridized carbons (Fsp3) is 0.800. The zero-order valence-corrected chi connectivity index (χ0v) is 9.54. The van der Waals surface area contributed by atoms with Crippen molar-refractivity contribution in [1.29, 1.82) is 0 Å². The van der Waals surface area contributed by atoms with E-state index >= 15 is 0 Å². The molecule has 0 aromatic rings. The van der Waals surface area contributed by atoms with Crippen molar-refractivity contribution < 1.29 is 14.7 Å². The van der Waals surface area contributed by atoms with E-state index in [2.05, 4.69) is 5.32 Å². The Kier molecular flexibility index (Phi) is 5.28. The van der Waals surface area contributed by atoms with Crippen LogP contribution in [0.2, 0.25) is 0 Å². The minimum Gasteiger partial charge on any atom is -0.481 e. The second-order valence-electron chi connectivity index (χ2n) is 4.30. The largest absolute Gasteiger partial charge is 0.481 e. The quantitative estimate of drug-likeness (QED) is 0.597. The van der Waals surface area contributed by atoms with Gasteiger partial charge in [-0.3, -0.25) is 9.59 Å². The number of hydrogen-bond acceptors (Lipinski definition) is 3. The van der Waals surface area contributed by atoms with Crippen LogP contribution in [-0.2, 0) is 9.59 Å². The number of hydrogen-bond donors (Lipinski definition) is 3. The average molecular weight is 216 g/mol. The molecule has 0 aromatic carbocycles. The van der Waals surface area contributed by atoms with Crippen LogP contribution in [0.15, 0.2) is 0 Å². The van der Waals surface area contributed by atoms with E-state index in [1.165, 1.54) is 0 Å². The van der Waals surface area contributed by atoms with Crippen LogP contribution in [0.4, 0.5) is 0 Å². The summed E-state index contributed by atoms with van der Waals surface area (Å²) in [5, 5.41) is 11.4. The Morgan fingerprint density at radius 1 is 1.47 bits per heavy atom. The zero-order valence-electron chi connectivity index (χ0n) is 9.54. The highest BCUT2D eigenvalue weighted by Crippen LogP contribution is 2.13. The molecule has 0 aromatic heterocycles. The van der Waals surface area contributed by atoms with Crippen molar-refractivity contribution in [2.75, 3.05) is 6.54 Å². The van der Waals surface area contributed by atoms with Crippen molar-refractivity contribution in [2.45, 2.75) is 39.7 Å². The van der Waals surface area contributed by atoms with Gasteiger partial charge in [-0.05, 0) is 20.3 Å². The molecule has 5 heteroatoms. The van der Waals surface area contributed by atoms with Crippen molar-refractivity contribution in [3.05, 3.63) is 0 Å². The summed E-state index contributed by atoms with van der Waals surface area (Å²) in [5.74, 6) is -1.22. The molecule has 0 rings (SSSR count). The molecular formula is C10H20N2O3. The average Bonchev–Trinajstić information content (AvgIpc) is 2.14. The summed E-state index contributed by atoms with van der Waals surface area (Å²) >= 11 is 0. The predicted octanol–water partition coefficient (Wildman–Crippen LogP) is 0.341. The van der Waals surface area contributed by atoms with Crippen molar-refractivity contribution >= 4 is 11.9 Å². The molecule has 88 valence electrons. The number of amides is 1. The maximum absolute atomic E-state index is 11.4. The number of carboxylic acids is 1. The first-order valence-electron chi connectivity index (χ1n) is 5.08. The lowest BCUT2D eigenvalue weighted by atomic mass is 9.94. The van der Waals surface area contributed by atoms with E-state index in [-0.39, 0.29) is 12.5 Å². The first kappa shape index (κ1) is 13.9. The van der Waals surface area contributed by atoms with Crippen molar-refractivity contribution in [3.8, 4) is 0 Å². The second kappa shape index (κ2) is 5.70. The molecule has 0 fully saturated rings. The van der Waals surface area contributed by atoms with Crippen LogP contribution in [0.5, 0.6) is 0 Å². The third-order valence-corrected chi connectivity index (χ3v) is 2.22. The fourth-order valence-electron chi connectivity index (χ4n) is 0.957. The third-order valence-electron chi connectivity index (χ3n) is 2.22. The minimum absolute atomic E-state index is 0.0958. The number of carbonyl (C=O) groups excluding carboxylic acids is 1. The molecule has 15 heavy (non-hydrogen) atoms. The third kappa shape index (κ3) is 4.78. The molecule has 0 bridgehead atoms. The standard InChI is InChI=1S/C10H20N2O3/c1-4-5-7(11)8(13)12-6-10(2,3)9(14)15/h7H,4-6,11H2,1-3H3,(H,12,13)(H,14,15). The summed E-state index contributed by atoms with van der Waals surface area (Å²) < 4.78 is 0. The number of carboxylic acid groups (broad SMARTS) is 1. The van der Waals surface area contributed by atoms with E-state index in [1.807, 2.05) is 6.92 Å². The van der Waals surface area contributed by atoms with E-state index < -0.39 is 17.4 Å². The van der Waals surface area contributed by atoms with Crippen LogP contribution >= 0.6 is 0 Å². The van der Waals surface area contributed by atoms with Gasteiger partial charge in [-0.15, -0.1) is 0 Å². The first-order chi connectivity index (χ1) is 6.81. The van der Waals surface area contributed by atoms with Gasteiger partial charge in [0.2, 0.25) is 5.91 Å². The molecule has 1 amide bonds. The van der Waals surface area contributed by atoms with Crippen LogP contribution in [0, 0.1) is 5.41 Å². The van der Waals surface area contributed by atoms with Crippen LogP contribution < -0.4 is 11.1 Å². The highest BCUT2D eigenvalue weighted by Gasteiger charge is 2.28.